The standard InChI is InChI=1S/C31H39N5O5S2/c1-4-5-13-30(38)36(34-31(39)26-12-9-16-32-26)27(17-23-10-7-6-8-11-23)28(37)20-35(19-22(2)3)43(40,41)24-14-15-25-29(18-24)42-21-33-25/h1,6-8,10-11,14-15,18,21-22,26-28,32,37H,5,9,12-13,16-17,19-20H2,2-3H3,(H,34,39)/t26?,27?,28-/m1/s1. The first-order valence-corrected chi connectivity index (χ1v) is 16.8. The summed E-state index contributed by atoms with van der Waals surface area (Å²) in [5.41, 5.74) is 5.92. The molecule has 2 amide bonds. The van der Waals surface area contributed by atoms with E-state index >= 15 is 0 Å². The summed E-state index contributed by atoms with van der Waals surface area (Å²) >= 11 is 1.35. The Morgan fingerprint density at radius 1 is 1.21 bits per heavy atom. The predicted octanol–water partition coefficient (Wildman–Crippen LogP) is 2.94. The molecule has 1 aliphatic heterocycles. The van der Waals surface area contributed by atoms with Crippen molar-refractivity contribution in [3.05, 3.63) is 59.6 Å². The molecule has 0 spiro atoms. The van der Waals surface area contributed by atoms with Crippen LogP contribution in [0.3, 0.4) is 0 Å². The van der Waals surface area contributed by atoms with Crippen LogP contribution in [0.25, 0.3) is 10.2 Å². The summed E-state index contributed by atoms with van der Waals surface area (Å²) in [6.07, 6.45) is 5.80. The van der Waals surface area contributed by atoms with Gasteiger partial charge in [-0.3, -0.25) is 15.0 Å². The molecule has 0 saturated carbocycles. The van der Waals surface area contributed by atoms with Crippen molar-refractivity contribution < 1.29 is 23.1 Å². The number of nitrogens with one attached hydrogen (secondary N) is 2. The molecular formula is C31H39N5O5S2. The average molecular weight is 626 g/mol. The number of aromatic nitrogens is 1. The van der Waals surface area contributed by atoms with Gasteiger partial charge in [-0.15, -0.1) is 23.7 Å². The summed E-state index contributed by atoms with van der Waals surface area (Å²) in [5, 5.41) is 16.1. The minimum atomic E-state index is -4.04. The number of sulfonamides is 1. The van der Waals surface area contributed by atoms with Gasteiger partial charge in [-0.05, 0) is 55.5 Å². The van der Waals surface area contributed by atoms with Gasteiger partial charge in [-0.1, -0.05) is 44.2 Å². The van der Waals surface area contributed by atoms with Gasteiger partial charge in [0.25, 0.3) is 5.91 Å². The summed E-state index contributed by atoms with van der Waals surface area (Å²) < 4.78 is 29.9. The van der Waals surface area contributed by atoms with Crippen molar-refractivity contribution in [1.29, 1.82) is 0 Å². The van der Waals surface area contributed by atoms with E-state index in [2.05, 4.69) is 21.6 Å². The summed E-state index contributed by atoms with van der Waals surface area (Å²) in [4.78, 5) is 31.1. The second-order valence-corrected chi connectivity index (χ2v) is 13.9. The zero-order valence-electron chi connectivity index (χ0n) is 24.5. The van der Waals surface area contributed by atoms with E-state index in [-0.39, 0.29) is 49.1 Å². The van der Waals surface area contributed by atoms with E-state index in [9.17, 15) is 23.1 Å². The maximum absolute atomic E-state index is 14.0. The molecule has 10 nitrogen and oxygen atoms in total. The Balaban J connectivity index is 1.69. The smallest absolute Gasteiger partial charge is 0.255 e. The molecule has 3 atom stereocenters. The lowest BCUT2D eigenvalue weighted by Crippen LogP contribution is -2.61. The third kappa shape index (κ3) is 8.40. The van der Waals surface area contributed by atoms with Crippen molar-refractivity contribution in [2.24, 2.45) is 5.92 Å². The molecule has 3 N–H and O–H groups in total. The van der Waals surface area contributed by atoms with Crippen molar-refractivity contribution >= 4 is 43.4 Å². The molecule has 1 fully saturated rings. The fraction of sp³-hybridized carbons (Fsp3) is 0.452. The van der Waals surface area contributed by atoms with Gasteiger partial charge in [0.15, 0.2) is 0 Å². The summed E-state index contributed by atoms with van der Waals surface area (Å²) in [6.45, 7) is 4.33. The molecule has 0 radical (unpaired) electrons. The number of hydrogen-bond acceptors (Lipinski definition) is 8. The number of hydrazine groups is 1. The van der Waals surface area contributed by atoms with Gasteiger partial charge in [0.1, 0.15) is 0 Å². The van der Waals surface area contributed by atoms with E-state index in [1.54, 1.807) is 17.6 Å². The monoisotopic (exact) mass is 625 g/mol. The lowest BCUT2D eigenvalue weighted by molar-refractivity contribution is -0.148. The number of aliphatic hydroxyl groups excluding tert-OH is 1. The number of amides is 2. The van der Waals surface area contributed by atoms with Crippen molar-refractivity contribution in [3.8, 4) is 12.3 Å². The molecule has 0 bridgehead atoms. The van der Waals surface area contributed by atoms with Gasteiger partial charge in [0.05, 0.1) is 38.8 Å². The second-order valence-electron chi connectivity index (χ2n) is 11.1. The number of hydrogen-bond donors (Lipinski definition) is 3. The topological polar surface area (TPSA) is 132 Å². The van der Waals surface area contributed by atoms with Gasteiger partial charge in [-0.2, -0.15) is 4.31 Å². The fourth-order valence-electron chi connectivity index (χ4n) is 5.14. The van der Waals surface area contributed by atoms with Crippen LogP contribution in [0.4, 0.5) is 0 Å². The van der Waals surface area contributed by atoms with Crippen molar-refractivity contribution in [2.45, 2.75) is 69.0 Å². The number of nitrogens with zero attached hydrogens (tertiary/aromatic N) is 3. The van der Waals surface area contributed by atoms with E-state index in [4.69, 9.17) is 6.42 Å². The van der Waals surface area contributed by atoms with E-state index in [1.807, 2.05) is 44.2 Å². The average Bonchev–Trinajstić information content (AvgIpc) is 3.70. The lowest BCUT2D eigenvalue weighted by atomic mass is 9.99. The Morgan fingerprint density at radius 2 is 1.98 bits per heavy atom. The maximum Gasteiger partial charge on any atom is 0.255 e. The van der Waals surface area contributed by atoms with Crippen LogP contribution in [0.5, 0.6) is 0 Å². The summed E-state index contributed by atoms with van der Waals surface area (Å²) in [7, 11) is -4.04. The number of benzene rings is 2. The Labute approximate surface area is 257 Å². The quantitative estimate of drug-likeness (QED) is 0.197. The van der Waals surface area contributed by atoms with E-state index < -0.39 is 34.1 Å². The first-order chi connectivity index (χ1) is 20.6. The van der Waals surface area contributed by atoms with Gasteiger partial charge >= 0.3 is 0 Å². The molecule has 1 aliphatic rings. The molecule has 2 aromatic carbocycles. The normalized spacial score (nSPS) is 16.7. The number of aliphatic hydroxyl groups is 1. The molecule has 2 heterocycles. The molecular weight excluding hydrogens is 587 g/mol. The van der Waals surface area contributed by atoms with Crippen LogP contribution in [0.2, 0.25) is 0 Å². The molecule has 0 aliphatic carbocycles. The number of fused-ring (bicyclic) bond motifs is 1. The molecule has 1 saturated heterocycles. The highest BCUT2D eigenvalue weighted by molar-refractivity contribution is 7.89. The van der Waals surface area contributed by atoms with E-state index in [0.29, 0.717) is 18.5 Å². The highest BCUT2D eigenvalue weighted by Gasteiger charge is 2.37. The van der Waals surface area contributed by atoms with Gasteiger partial charge in [0, 0.05) is 25.9 Å². The number of terminal acetylenes is 1. The zero-order chi connectivity index (χ0) is 31.0. The second kappa shape index (κ2) is 14.9. The SMILES string of the molecule is C#CCCC(=O)N(NC(=O)C1CCCN1)C(Cc1ccccc1)[C@H](O)CN(CC(C)C)S(=O)(=O)c1ccc2ncsc2c1. The molecule has 2 unspecified atom stereocenters. The molecule has 12 heteroatoms. The minimum absolute atomic E-state index is 0.0459. The van der Waals surface area contributed by atoms with Crippen LogP contribution in [0.15, 0.2) is 58.9 Å². The van der Waals surface area contributed by atoms with E-state index in [0.717, 1.165) is 16.7 Å². The summed E-state index contributed by atoms with van der Waals surface area (Å²) in [5.74, 6) is 1.56. The highest BCUT2D eigenvalue weighted by atomic mass is 32.2. The Hall–Kier alpha value is -3.34. The van der Waals surface area contributed by atoms with Crippen LogP contribution in [0, 0.1) is 18.3 Å². The Bertz CT molecular complexity index is 1530. The first-order valence-electron chi connectivity index (χ1n) is 14.4. The summed E-state index contributed by atoms with van der Waals surface area (Å²) in [6, 6.07) is 12.6. The third-order valence-electron chi connectivity index (χ3n) is 7.32. The number of rotatable bonds is 13. The molecule has 3 aromatic rings. The van der Waals surface area contributed by atoms with Crippen LogP contribution < -0.4 is 10.7 Å². The zero-order valence-corrected chi connectivity index (χ0v) is 26.1. The van der Waals surface area contributed by atoms with Crippen LogP contribution in [-0.2, 0) is 26.0 Å². The van der Waals surface area contributed by atoms with Gasteiger partial charge in [-0.25, -0.2) is 18.4 Å². The van der Waals surface area contributed by atoms with Crippen LogP contribution in [-0.4, -0.2) is 77.5 Å². The molecule has 4 rings (SSSR count). The first kappa shape index (κ1) is 32.6. The van der Waals surface area contributed by atoms with Crippen molar-refractivity contribution in [3.63, 3.8) is 0 Å². The highest BCUT2D eigenvalue weighted by Crippen LogP contribution is 2.26. The largest absolute Gasteiger partial charge is 0.390 e. The number of carbonyl (C=O) groups excluding carboxylic acids is 2. The third-order valence-corrected chi connectivity index (χ3v) is 9.94. The number of thiazole rings is 1. The molecule has 230 valence electrons. The van der Waals surface area contributed by atoms with Crippen LogP contribution >= 0.6 is 11.3 Å². The lowest BCUT2D eigenvalue weighted by Gasteiger charge is -2.37. The molecule has 43 heavy (non-hydrogen) atoms. The van der Waals surface area contributed by atoms with Gasteiger partial charge in [0.2, 0.25) is 15.9 Å². The Morgan fingerprint density at radius 3 is 2.65 bits per heavy atom. The Kier molecular flexibility index (Phi) is 11.3. The molecule has 1 aromatic heterocycles. The van der Waals surface area contributed by atoms with Gasteiger partial charge < -0.3 is 10.4 Å². The van der Waals surface area contributed by atoms with E-state index in [1.165, 1.54) is 26.7 Å². The minimum Gasteiger partial charge on any atom is -0.390 e. The van der Waals surface area contributed by atoms with Crippen molar-refractivity contribution in [2.75, 3.05) is 19.6 Å². The number of carbonyl (C=O) groups is 2. The van der Waals surface area contributed by atoms with Crippen LogP contribution in [0.1, 0.15) is 45.1 Å². The van der Waals surface area contributed by atoms with Crippen molar-refractivity contribution in [1.82, 2.24) is 25.0 Å². The predicted molar refractivity (Wildman–Crippen MR) is 167 cm³/mol. The maximum atomic E-state index is 14.0. The fourth-order valence-corrected chi connectivity index (χ4v) is 7.58.